The third-order valence-electron chi connectivity index (χ3n) is 4.59. The summed E-state index contributed by atoms with van der Waals surface area (Å²) >= 11 is 0. The van der Waals surface area contributed by atoms with Gasteiger partial charge in [0.15, 0.2) is 0 Å². The average molecular weight is 395 g/mol. The number of pyridine rings is 1. The Hall–Kier alpha value is -3.55. The zero-order chi connectivity index (χ0) is 20.8. The first-order valence-electron chi connectivity index (χ1n) is 9.24. The highest BCUT2D eigenvalue weighted by atomic mass is 19.1. The zero-order valence-corrected chi connectivity index (χ0v) is 16.2. The molecular formula is C21H22FN5O2. The molecule has 0 aliphatic carbocycles. The Labute approximate surface area is 168 Å². The molecule has 7 nitrogen and oxygen atoms in total. The average Bonchev–Trinajstić information content (AvgIpc) is 3.17. The molecule has 0 saturated heterocycles. The van der Waals surface area contributed by atoms with Gasteiger partial charge in [0, 0.05) is 19.4 Å². The summed E-state index contributed by atoms with van der Waals surface area (Å²) in [5, 5.41) is 6.84. The minimum Gasteiger partial charge on any atom is -0.337 e. The van der Waals surface area contributed by atoms with Gasteiger partial charge in [0.1, 0.15) is 18.1 Å². The first-order chi connectivity index (χ1) is 14.0. The molecule has 1 aromatic carbocycles. The minimum atomic E-state index is -0.351. The molecule has 29 heavy (non-hydrogen) atoms. The van der Waals surface area contributed by atoms with Crippen LogP contribution in [0.15, 0.2) is 61.1 Å². The molecule has 2 aromatic heterocycles. The fourth-order valence-corrected chi connectivity index (χ4v) is 3.05. The van der Waals surface area contributed by atoms with Crippen LogP contribution in [-0.4, -0.2) is 38.5 Å². The lowest BCUT2D eigenvalue weighted by Gasteiger charge is -2.27. The van der Waals surface area contributed by atoms with Crippen molar-refractivity contribution in [2.24, 2.45) is 0 Å². The normalized spacial score (nSPS) is 11.7. The van der Waals surface area contributed by atoms with Gasteiger partial charge in [-0.15, -0.1) is 0 Å². The van der Waals surface area contributed by atoms with E-state index in [9.17, 15) is 14.0 Å². The fourth-order valence-electron chi connectivity index (χ4n) is 3.05. The van der Waals surface area contributed by atoms with Gasteiger partial charge in [0.05, 0.1) is 17.9 Å². The first-order valence-corrected chi connectivity index (χ1v) is 9.24. The molecule has 0 aliphatic rings. The number of nitrogens with one attached hydrogen (secondary N) is 1. The van der Waals surface area contributed by atoms with Crippen LogP contribution in [0.25, 0.3) is 0 Å². The number of carbonyl (C=O) groups is 2. The van der Waals surface area contributed by atoms with Crippen LogP contribution in [0.3, 0.4) is 0 Å². The van der Waals surface area contributed by atoms with Gasteiger partial charge >= 0.3 is 0 Å². The second kappa shape index (κ2) is 9.09. The number of halogens is 1. The summed E-state index contributed by atoms with van der Waals surface area (Å²) in [5.74, 6) is -0.808. The van der Waals surface area contributed by atoms with Crippen molar-refractivity contribution in [1.82, 2.24) is 19.7 Å². The van der Waals surface area contributed by atoms with Crippen molar-refractivity contribution in [2.45, 2.75) is 25.9 Å². The number of hydrogen-bond donors (Lipinski definition) is 1. The van der Waals surface area contributed by atoms with Crippen LogP contribution < -0.4 is 5.32 Å². The van der Waals surface area contributed by atoms with Crippen LogP contribution in [0.2, 0.25) is 0 Å². The smallest absolute Gasteiger partial charge is 0.274 e. The largest absolute Gasteiger partial charge is 0.337 e. The Bertz CT molecular complexity index is 972. The van der Waals surface area contributed by atoms with E-state index < -0.39 is 0 Å². The molecule has 0 bridgehead atoms. The molecule has 3 rings (SSSR count). The van der Waals surface area contributed by atoms with Crippen molar-refractivity contribution in [3.63, 3.8) is 0 Å². The number of carbonyl (C=O) groups excluding carboxylic acids is 2. The van der Waals surface area contributed by atoms with Crippen molar-refractivity contribution in [3.8, 4) is 0 Å². The van der Waals surface area contributed by atoms with Crippen molar-refractivity contribution in [1.29, 1.82) is 0 Å². The summed E-state index contributed by atoms with van der Waals surface area (Å²) in [6.45, 7) is 1.99. The van der Waals surface area contributed by atoms with E-state index in [1.54, 1.807) is 48.5 Å². The number of nitrogens with zero attached hydrogens (tertiary/aromatic N) is 4. The Morgan fingerprint density at radius 2 is 1.97 bits per heavy atom. The maximum Gasteiger partial charge on any atom is 0.274 e. The molecule has 3 aromatic rings. The van der Waals surface area contributed by atoms with Crippen LogP contribution in [0, 0.1) is 5.82 Å². The Morgan fingerprint density at radius 3 is 2.62 bits per heavy atom. The molecule has 0 spiro atoms. The van der Waals surface area contributed by atoms with E-state index in [1.165, 1.54) is 29.2 Å². The number of rotatable bonds is 7. The van der Waals surface area contributed by atoms with E-state index in [1.807, 2.05) is 6.92 Å². The third kappa shape index (κ3) is 5.04. The highest BCUT2D eigenvalue weighted by Crippen LogP contribution is 2.23. The van der Waals surface area contributed by atoms with Gasteiger partial charge in [0.2, 0.25) is 5.91 Å². The molecule has 0 saturated carbocycles. The second-order valence-corrected chi connectivity index (χ2v) is 6.58. The lowest BCUT2D eigenvalue weighted by atomic mass is 10.0. The maximum absolute atomic E-state index is 13.2. The molecule has 150 valence electrons. The highest BCUT2D eigenvalue weighted by molar-refractivity contribution is 6.02. The topological polar surface area (TPSA) is 80.1 Å². The lowest BCUT2D eigenvalue weighted by molar-refractivity contribution is -0.133. The summed E-state index contributed by atoms with van der Waals surface area (Å²) in [4.78, 5) is 30.5. The number of amides is 2. The molecule has 1 N–H and O–H groups in total. The van der Waals surface area contributed by atoms with Crippen molar-refractivity contribution in [3.05, 3.63) is 78.1 Å². The van der Waals surface area contributed by atoms with Crippen molar-refractivity contribution < 1.29 is 14.0 Å². The lowest BCUT2D eigenvalue weighted by Crippen LogP contribution is -2.33. The summed E-state index contributed by atoms with van der Waals surface area (Å²) < 4.78 is 14.6. The summed E-state index contributed by atoms with van der Waals surface area (Å²) in [7, 11) is 1.72. The van der Waals surface area contributed by atoms with E-state index in [-0.39, 0.29) is 30.2 Å². The van der Waals surface area contributed by atoms with Crippen molar-refractivity contribution >= 4 is 17.5 Å². The fraction of sp³-hybridized carbons (Fsp3) is 0.238. The summed E-state index contributed by atoms with van der Waals surface area (Å²) in [6, 6.07) is 11.1. The molecule has 1 atom stereocenters. The van der Waals surface area contributed by atoms with Crippen LogP contribution in [0.5, 0.6) is 0 Å². The van der Waals surface area contributed by atoms with Gasteiger partial charge in [-0.05, 0) is 36.2 Å². The maximum atomic E-state index is 13.2. The standard InChI is InChI=1S/C21H22FN5O2/c1-3-19(15-7-9-16(22)10-8-15)26(2)20(28)14-27-13-17(12-24-27)25-21(29)18-6-4-5-11-23-18/h4-13,19H,3,14H2,1-2H3,(H,25,29)/t19-/m0/s1. The number of likely N-dealkylation sites (N-methyl/N-ethyl adjacent to an activating group) is 1. The van der Waals surface area contributed by atoms with Gasteiger partial charge in [-0.1, -0.05) is 25.1 Å². The molecule has 8 heteroatoms. The molecule has 2 amide bonds. The van der Waals surface area contributed by atoms with Crippen LogP contribution in [0.4, 0.5) is 10.1 Å². The first kappa shape index (κ1) is 20.2. The second-order valence-electron chi connectivity index (χ2n) is 6.58. The number of hydrogen-bond acceptors (Lipinski definition) is 4. The number of benzene rings is 1. The highest BCUT2D eigenvalue weighted by Gasteiger charge is 2.21. The van der Waals surface area contributed by atoms with Gasteiger partial charge in [-0.25, -0.2) is 4.39 Å². The summed E-state index contributed by atoms with van der Waals surface area (Å²) in [5.41, 5.74) is 1.64. The van der Waals surface area contributed by atoms with E-state index in [0.717, 1.165) is 5.56 Å². The van der Waals surface area contributed by atoms with Crippen LogP contribution in [-0.2, 0) is 11.3 Å². The third-order valence-corrected chi connectivity index (χ3v) is 4.59. The monoisotopic (exact) mass is 395 g/mol. The molecule has 0 aliphatic heterocycles. The Kier molecular flexibility index (Phi) is 6.33. The molecule has 2 heterocycles. The quantitative estimate of drug-likeness (QED) is 0.666. The molecule has 0 fully saturated rings. The van der Waals surface area contributed by atoms with Gasteiger partial charge in [-0.2, -0.15) is 5.10 Å². The van der Waals surface area contributed by atoms with E-state index in [2.05, 4.69) is 15.4 Å². The van der Waals surface area contributed by atoms with Gasteiger partial charge < -0.3 is 10.2 Å². The molecular weight excluding hydrogens is 373 g/mol. The Balaban J connectivity index is 1.63. The van der Waals surface area contributed by atoms with Crippen molar-refractivity contribution in [2.75, 3.05) is 12.4 Å². The SMILES string of the molecule is CC[C@@H](c1ccc(F)cc1)N(C)C(=O)Cn1cc(NC(=O)c2ccccn2)cn1. The van der Waals surface area contributed by atoms with E-state index >= 15 is 0 Å². The van der Waals surface area contributed by atoms with Gasteiger partial charge in [0.25, 0.3) is 5.91 Å². The molecule has 0 radical (unpaired) electrons. The van der Waals surface area contributed by atoms with E-state index in [0.29, 0.717) is 17.8 Å². The van der Waals surface area contributed by atoms with Crippen LogP contribution >= 0.6 is 0 Å². The minimum absolute atomic E-state index is 0.0215. The predicted octanol–water partition coefficient (Wildman–Crippen LogP) is 3.28. The summed E-state index contributed by atoms with van der Waals surface area (Å²) in [6.07, 6.45) is 5.30. The van der Waals surface area contributed by atoms with Gasteiger partial charge in [-0.3, -0.25) is 19.3 Å². The predicted molar refractivity (Wildman–Crippen MR) is 107 cm³/mol. The number of anilines is 1. The zero-order valence-electron chi connectivity index (χ0n) is 16.2. The number of aromatic nitrogens is 3. The van der Waals surface area contributed by atoms with E-state index in [4.69, 9.17) is 0 Å². The molecule has 0 unspecified atom stereocenters. The van der Waals surface area contributed by atoms with Crippen LogP contribution in [0.1, 0.15) is 35.4 Å². The Morgan fingerprint density at radius 1 is 1.21 bits per heavy atom.